The molecule has 39 heavy (non-hydrogen) atoms. The molecule has 1 aromatic carbocycles. The minimum Gasteiger partial charge on any atom is -0.378 e. The summed E-state index contributed by atoms with van der Waals surface area (Å²) in [6.45, 7) is 2.12. The van der Waals surface area contributed by atoms with E-state index in [1.807, 2.05) is 4.90 Å². The fraction of sp³-hybridized carbons (Fsp3) is 0.231. The van der Waals surface area contributed by atoms with Crippen LogP contribution >= 0.6 is 0 Å². The van der Waals surface area contributed by atoms with Gasteiger partial charge in [-0.15, -0.1) is 0 Å². The zero-order valence-corrected chi connectivity index (χ0v) is 20.4. The Morgan fingerprint density at radius 3 is 2.62 bits per heavy atom. The molecule has 0 spiro atoms. The van der Waals surface area contributed by atoms with Crippen molar-refractivity contribution in [3.8, 4) is 17.1 Å². The number of pyridine rings is 1. The Hall–Kier alpha value is -4.65. The largest absolute Gasteiger partial charge is 0.416 e. The first-order valence-electron chi connectivity index (χ1n) is 12.1. The minimum absolute atomic E-state index is 0.0406. The summed E-state index contributed by atoms with van der Waals surface area (Å²) in [5.74, 6) is 0.529. The van der Waals surface area contributed by atoms with E-state index in [-0.39, 0.29) is 12.3 Å². The molecule has 0 bridgehead atoms. The quantitative estimate of drug-likeness (QED) is 0.303. The summed E-state index contributed by atoms with van der Waals surface area (Å²) in [6.07, 6.45) is 0.197. The molecule has 0 radical (unpaired) electrons. The van der Waals surface area contributed by atoms with Gasteiger partial charge in [0.15, 0.2) is 17.0 Å². The first-order chi connectivity index (χ1) is 18.9. The van der Waals surface area contributed by atoms with E-state index in [1.165, 1.54) is 17.1 Å². The Morgan fingerprint density at radius 1 is 1.00 bits per heavy atom. The third kappa shape index (κ3) is 4.95. The number of anilines is 1. The number of alkyl halides is 3. The molecular weight excluding hydrogens is 513 g/mol. The maximum absolute atomic E-state index is 13.3. The van der Waals surface area contributed by atoms with Gasteiger partial charge in [-0.05, 0) is 30.3 Å². The minimum atomic E-state index is -4.47. The van der Waals surface area contributed by atoms with Crippen molar-refractivity contribution in [1.82, 2.24) is 34.3 Å². The predicted octanol–water partition coefficient (Wildman–Crippen LogP) is 3.81. The Bertz CT molecular complexity index is 1640. The third-order valence-corrected chi connectivity index (χ3v) is 6.28. The van der Waals surface area contributed by atoms with E-state index in [2.05, 4.69) is 15.1 Å². The van der Waals surface area contributed by atoms with Crippen LogP contribution in [-0.2, 0) is 17.5 Å². The van der Waals surface area contributed by atoms with Crippen LogP contribution in [0, 0.1) is 0 Å². The highest BCUT2D eigenvalue weighted by atomic mass is 19.4. The number of fused-ring (bicyclic) bond motifs is 1. The van der Waals surface area contributed by atoms with Gasteiger partial charge in [0.2, 0.25) is 11.7 Å². The van der Waals surface area contributed by atoms with E-state index in [4.69, 9.17) is 14.7 Å². The first kappa shape index (κ1) is 24.7. The number of morpholine rings is 1. The molecule has 0 amide bonds. The molecule has 1 aliphatic rings. The van der Waals surface area contributed by atoms with E-state index in [9.17, 15) is 18.0 Å². The Labute approximate surface area is 219 Å². The number of imidazole rings is 1. The van der Waals surface area contributed by atoms with Gasteiger partial charge in [0.05, 0.1) is 37.3 Å². The number of ether oxygens (including phenoxy) is 1. The second-order valence-electron chi connectivity index (χ2n) is 8.85. The fourth-order valence-electron chi connectivity index (χ4n) is 4.31. The second-order valence-corrected chi connectivity index (χ2v) is 8.85. The molecule has 10 nitrogen and oxygen atoms in total. The van der Waals surface area contributed by atoms with E-state index < -0.39 is 11.7 Å². The van der Waals surface area contributed by atoms with Gasteiger partial charge in [-0.3, -0.25) is 9.78 Å². The standard InChI is InChI=1S/C26H21F3N8O2/c27-26(28,29)18-5-3-4-17(14-18)19-7-9-37(34-19)24-22-23(32-25(33-24)35-10-12-39-13-11-35)36(16-31-22)15-21(38)20-6-1-2-8-30-20/h1-9,14,16H,10-13,15H2. The molecule has 13 heteroatoms. The lowest BCUT2D eigenvalue weighted by Gasteiger charge is -2.27. The van der Waals surface area contributed by atoms with Crippen LogP contribution in [0.15, 0.2) is 67.3 Å². The summed E-state index contributed by atoms with van der Waals surface area (Å²) in [5.41, 5.74) is 1.02. The van der Waals surface area contributed by atoms with Crippen LogP contribution in [0.5, 0.6) is 0 Å². The molecule has 4 aromatic heterocycles. The van der Waals surface area contributed by atoms with Crippen molar-refractivity contribution in [1.29, 1.82) is 0 Å². The highest BCUT2D eigenvalue weighted by molar-refractivity contribution is 5.95. The summed E-state index contributed by atoms with van der Waals surface area (Å²) in [4.78, 5) is 32.9. The molecule has 1 saturated heterocycles. The number of carbonyl (C=O) groups excluding carboxylic acids is 1. The maximum atomic E-state index is 13.3. The summed E-state index contributed by atoms with van der Waals surface area (Å²) in [7, 11) is 0. The second kappa shape index (κ2) is 9.91. The lowest BCUT2D eigenvalue weighted by atomic mass is 10.1. The number of rotatable bonds is 6. The molecule has 198 valence electrons. The van der Waals surface area contributed by atoms with Crippen LogP contribution in [-0.4, -0.2) is 66.4 Å². The number of ketones is 1. The van der Waals surface area contributed by atoms with Gasteiger partial charge >= 0.3 is 6.18 Å². The van der Waals surface area contributed by atoms with Crippen LogP contribution in [0.2, 0.25) is 0 Å². The monoisotopic (exact) mass is 534 g/mol. The molecule has 0 atom stereocenters. The zero-order chi connectivity index (χ0) is 27.0. The van der Waals surface area contributed by atoms with Gasteiger partial charge in [0.25, 0.3) is 0 Å². The molecule has 1 fully saturated rings. The highest BCUT2D eigenvalue weighted by Gasteiger charge is 2.30. The number of aromatic nitrogens is 7. The van der Waals surface area contributed by atoms with Gasteiger partial charge in [-0.25, -0.2) is 9.67 Å². The fourth-order valence-corrected chi connectivity index (χ4v) is 4.31. The summed E-state index contributed by atoms with van der Waals surface area (Å²) in [5, 5.41) is 4.52. The number of halogens is 3. The lowest BCUT2D eigenvalue weighted by Crippen LogP contribution is -2.37. The average Bonchev–Trinajstić information content (AvgIpc) is 3.61. The van der Waals surface area contributed by atoms with Gasteiger partial charge in [-0.1, -0.05) is 18.2 Å². The Balaban J connectivity index is 1.42. The highest BCUT2D eigenvalue weighted by Crippen LogP contribution is 2.32. The molecule has 0 aliphatic carbocycles. The van der Waals surface area contributed by atoms with E-state index in [1.54, 1.807) is 47.3 Å². The van der Waals surface area contributed by atoms with Crippen molar-refractivity contribution in [3.63, 3.8) is 0 Å². The SMILES string of the molecule is O=C(Cn1cnc2c(-n3ccc(-c4cccc(C(F)(F)F)c4)n3)nc(N3CCOCC3)nc21)c1ccccn1. The third-order valence-electron chi connectivity index (χ3n) is 6.28. The van der Waals surface area contributed by atoms with Crippen molar-refractivity contribution >= 4 is 22.9 Å². The number of carbonyl (C=O) groups is 1. The van der Waals surface area contributed by atoms with E-state index >= 15 is 0 Å². The molecule has 5 heterocycles. The number of nitrogens with zero attached hydrogens (tertiary/aromatic N) is 8. The van der Waals surface area contributed by atoms with Crippen LogP contribution in [0.25, 0.3) is 28.2 Å². The number of hydrogen-bond acceptors (Lipinski definition) is 8. The molecule has 0 N–H and O–H groups in total. The molecule has 0 unspecified atom stereocenters. The number of Topliss-reactive ketones (excluding diaryl/α,β-unsaturated/α-hetero) is 1. The van der Waals surface area contributed by atoms with Crippen LogP contribution in [0.4, 0.5) is 19.1 Å². The molecular formula is C26H21F3N8O2. The Kier molecular flexibility index (Phi) is 6.27. The maximum Gasteiger partial charge on any atom is 0.416 e. The number of benzene rings is 1. The molecule has 1 aliphatic heterocycles. The summed E-state index contributed by atoms with van der Waals surface area (Å²) < 4.78 is 48.3. The topological polar surface area (TPSA) is 104 Å². The predicted molar refractivity (Wildman–Crippen MR) is 134 cm³/mol. The van der Waals surface area contributed by atoms with Crippen molar-refractivity contribution in [2.45, 2.75) is 12.7 Å². The van der Waals surface area contributed by atoms with Crippen LogP contribution in [0.3, 0.4) is 0 Å². The van der Waals surface area contributed by atoms with Crippen molar-refractivity contribution in [3.05, 3.63) is 78.5 Å². The van der Waals surface area contributed by atoms with E-state index in [0.29, 0.717) is 66.2 Å². The first-order valence-corrected chi connectivity index (χ1v) is 12.1. The normalized spacial score (nSPS) is 14.2. The van der Waals surface area contributed by atoms with Gasteiger partial charge in [0.1, 0.15) is 5.69 Å². The average molecular weight is 535 g/mol. The van der Waals surface area contributed by atoms with E-state index in [0.717, 1.165) is 12.1 Å². The van der Waals surface area contributed by atoms with Crippen molar-refractivity contribution in [2.75, 3.05) is 31.2 Å². The zero-order valence-electron chi connectivity index (χ0n) is 20.4. The van der Waals surface area contributed by atoms with Crippen molar-refractivity contribution in [2.24, 2.45) is 0 Å². The molecule has 6 rings (SSSR count). The van der Waals surface area contributed by atoms with Gasteiger partial charge < -0.3 is 14.2 Å². The molecule has 0 saturated carbocycles. The lowest BCUT2D eigenvalue weighted by molar-refractivity contribution is -0.137. The van der Waals surface area contributed by atoms with Crippen LogP contribution < -0.4 is 4.90 Å². The van der Waals surface area contributed by atoms with Crippen molar-refractivity contribution < 1.29 is 22.7 Å². The Morgan fingerprint density at radius 2 is 1.85 bits per heavy atom. The summed E-state index contributed by atoms with van der Waals surface area (Å²) >= 11 is 0. The smallest absolute Gasteiger partial charge is 0.378 e. The molecule has 5 aromatic rings. The van der Waals surface area contributed by atoms with Crippen LogP contribution in [0.1, 0.15) is 16.1 Å². The van der Waals surface area contributed by atoms with Gasteiger partial charge in [0, 0.05) is 31.0 Å². The summed E-state index contributed by atoms with van der Waals surface area (Å²) in [6, 6.07) is 11.7. The van der Waals surface area contributed by atoms with Gasteiger partial charge in [-0.2, -0.15) is 28.2 Å². The number of hydrogen-bond donors (Lipinski definition) is 0.